The SMILES string of the molecule is O=C1NC(O)C2(CCN(c3cc(Cl)cc4[nH]ncc34)CC2)N1. The normalized spacial score (nSPS) is 23.8. The zero-order chi connectivity index (χ0) is 15.3. The minimum Gasteiger partial charge on any atom is -0.371 e. The summed E-state index contributed by atoms with van der Waals surface area (Å²) in [6, 6.07) is 3.48. The van der Waals surface area contributed by atoms with Crippen LogP contribution in [0.2, 0.25) is 5.02 Å². The van der Waals surface area contributed by atoms with E-state index < -0.39 is 11.8 Å². The molecule has 0 radical (unpaired) electrons. The predicted molar refractivity (Wildman–Crippen MR) is 83.0 cm³/mol. The monoisotopic (exact) mass is 321 g/mol. The number of aromatic nitrogens is 2. The second-order valence-electron chi connectivity index (χ2n) is 5.90. The molecule has 2 fully saturated rings. The average molecular weight is 322 g/mol. The quantitative estimate of drug-likeness (QED) is 0.634. The summed E-state index contributed by atoms with van der Waals surface area (Å²) < 4.78 is 0. The Balaban J connectivity index is 1.61. The summed E-state index contributed by atoms with van der Waals surface area (Å²) in [5.74, 6) is 0. The lowest BCUT2D eigenvalue weighted by Crippen LogP contribution is -2.56. The number of hydrogen-bond donors (Lipinski definition) is 4. The number of fused-ring (bicyclic) bond motifs is 1. The van der Waals surface area contributed by atoms with Gasteiger partial charge >= 0.3 is 6.03 Å². The standard InChI is InChI=1S/C14H16ClN5O2/c15-8-5-10-9(7-16-19-10)11(6-8)20-3-1-14(2-4-20)12(21)17-13(22)18-14/h5-7,12,21H,1-4H2,(H,16,19)(H2,17,18,22). The lowest BCUT2D eigenvalue weighted by atomic mass is 9.86. The Labute approximate surface area is 131 Å². The first-order valence-electron chi connectivity index (χ1n) is 7.22. The van der Waals surface area contributed by atoms with Crippen molar-refractivity contribution in [1.29, 1.82) is 0 Å². The molecule has 1 unspecified atom stereocenters. The number of aliphatic hydroxyl groups excluding tert-OH is 1. The van der Waals surface area contributed by atoms with Crippen LogP contribution in [-0.4, -0.2) is 46.2 Å². The second kappa shape index (κ2) is 4.76. The summed E-state index contributed by atoms with van der Waals surface area (Å²) in [7, 11) is 0. The van der Waals surface area contributed by atoms with E-state index in [2.05, 4.69) is 25.7 Å². The number of nitrogens with one attached hydrogen (secondary N) is 3. The number of carbonyl (C=O) groups is 1. The van der Waals surface area contributed by atoms with Gasteiger partial charge in [-0.2, -0.15) is 5.10 Å². The fourth-order valence-corrected chi connectivity index (χ4v) is 3.61. The Morgan fingerprint density at radius 2 is 2.14 bits per heavy atom. The highest BCUT2D eigenvalue weighted by Crippen LogP contribution is 2.35. The largest absolute Gasteiger partial charge is 0.371 e. The number of nitrogens with zero attached hydrogens (tertiary/aromatic N) is 2. The highest BCUT2D eigenvalue weighted by atomic mass is 35.5. The number of piperidine rings is 1. The van der Waals surface area contributed by atoms with Crippen molar-refractivity contribution < 1.29 is 9.90 Å². The molecular weight excluding hydrogens is 306 g/mol. The molecule has 4 rings (SSSR count). The number of urea groups is 1. The molecule has 0 aliphatic carbocycles. The van der Waals surface area contributed by atoms with Gasteiger partial charge in [0.05, 0.1) is 17.3 Å². The van der Waals surface area contributed by atoms with E-state index in [1.807, 2.05) is 12.1 Å². The Kier molecular flexibility index (Phi) is 2.95. The fraction of sp³-hybridized carbons (Fsp3) is 0.429. The van der Waals surface area contributed by atoms with Crippen molar-refractivity contribution in [2.45, 2.75) is 24.6 Å². The molecule has 2 saturated heterocycles. The molecule has 2 amide bonds. The molecular formula is C14H16ClN5O2. The Hall–Kier alpha value is -1.99. The molecule has 1 spiro atoms. The van der Waals surface area contributed by atoms with Crippen LogP contribution in [-0.2, 0) is 0 Å². The topological polar surface area (TPSA) is 93.3 Å². The first-order chi connectivity index (χ1) is 10.6. The average Bonchev–Trinajstić information content (AvgIpc) is 3.04. The van der Waals surface area contributed by atoms with E-state index in [-0.39, 0.29) is 6.03 Å². The van der Waals surface area contributed by atoms with Gasteiger partial charge in [-0.25, -0.2) is 4.79 Å². The van der Waals surface area contributed by atoms with Crippen molar-refractivity contribution in [1.82, 2.24) is 20.8 Å². The first kappa shape index (κ1) is 13.7. The van der Waals surface area contributed by atoms with Gasteiger partial charge < -0.3 is 20.6 Å². The third-order valence-electron chi connectivity index (χ3n) is 4.65. The van der Waals surface area contributed by atoms with Gasteiger partial charge in [-0.3, -0.25) is 5.10 Å². The molecule has 1 atom stereocenters. The smallest absolute Gasteiger partial charge is 0.317 e. The van der Waals surface area contributed by atoms with E-state index >= 15 is 0 Å². The summed E-state index contributed by atoms with van der Waals surface area (Å²) in [5.41, 5.74) is 1.36. The van der Waals surface area contributed by atoms with Gasteiger partial charge in [0.1, 0.15) is 0 Å². The van der Waals surface area contributed by atoms with Crippen LogP contribution in [0.15, 0.2) is 18.3 Å². The highest BCUT2D eigenvalue weighted by Gasteiger charge is 2.47. The van der Waals surface area contributed by atoms with Gasteiger partial charge in [0.15, 0.2) is 6.23 Å². The van der Waals surface area contributed by atoms with Crippen LogP contribution < -0.4 is 15.5 Å². The molecule has 8 heteroatoms. The maximum absolute atomic E-state index is 11.4. The van der Waals surface area contributed by atoms with E-state index in [1.54, 1.807) is 6.20 Å². The fourth-order valence-electron chi connectivity index (χ4n) is 3.40. The van der Waals surface area contributed by atoms with Gasteiger partial charge in [-0.05, 0) is 25.0 Å². The molecule has 1 aromatic carbocycles. The third kappa shape index (κ3) is 2.00. The lowest BCUT2D eigenvalue weighted by Gasteiger charge is -2.41. The van der Waals surface area contributed by atoms with Crippen LogP contribution in [0.5, 0.6) is 0 Å². The minimum absolute atomic E-state index is 0.305. The maximum atomic E-state index is 11.4. The van der Waals surface area contributed by atoms with Crippen LogP contribution in [0.4, 0.5) is 10.5 Å². The van der Waals surface area contributed by atoms with Gasteiger partial charge in [0.25, 0.3) is 0 Å². The summed E-state index contributed by atoms with van der Waals surface area (Å²) >= 11 is 6.18. The van der Waals surface area contributed by atoms with Gasteiger partial charge in [-0.15, -0.1) is 0 Å². The van der Waals surface area contributed by atoms with Crippen LogP contribution >= 0.6 is 11.6 Å². The van der Waals surface area contributed by atoms with E-state index in [0.29, 0.717) is 17.9 Å². The number of H-pyrrole nitrogens is 1. The van der Waals surface area contributed by atoms with Crippen molar-refractivity contribution in [2.75, 3.05) is 18.0 Å². The van der Waals surface area contributed by atoms with Crippen molar-refractivity contribution in [3.63, 3.8) is 0 Å². The number of hydrogen-bond acceptors (Lipinski definition) is 4. The highest BCUT2D eigenvalue weighted by molar-refractivity contribution is 6.31. The summed E-state index contributed by atoms with van der Waals surface area (Å²) in [6.45, 7) is 1.44. The van der Waals surface area contributed by atoms with Gasteiger partial charge in [-0.1, -0.05) is 11.6 Å². The molecule has 2 aliphatic heterocycles. The molecule has 1 aromatic heterocycles. The van der Waals surface area contributed by atoms with Crippen LogP contribution in [0.25, 0.3) is 10.9 Å². The second-order valence-corrected chi connectivity index (χ2v) is 6.34. The number of aliphatic hydroxyl groups is 1. The number of benzene rings is 1. The number of carbonyl (C=O) groups excluding carboxylic acids is 1. The predicted octanol–water partition coefficient (Wildman–Crippen LogP) is 1.19. The van der Waals surface area contributed by atoms with E-state index in [1.165, 1.54) is 0 Å². The lowest BCUT2D eigenvalue weighted by molar-refractivity contribution is 0.0653. The number of amides is 2. The molecule has 22 heavy (non-hydrogen) atoms. The molecule has 3 heterocycles. The van der Waals surface area contributed by atoms with E-state index in [4.69, 9.17) is 11.6 Å². The molecule has 2 aromatic rings. The zero-order valence-corrected chi connectivity index (χ0v) is 12.5. The number of halogens is 1. The summed E-state index contributed by atoms with van der Waals surface area (Å²) in [6.07, 6.45) is 2.28. The van der Waals surface area contributed by atoms with Crippen molar-refractivity contribution in [3.05, 3.63) is 23.4 Å². The van der Waals surface area contributed by atoms with Crippen molar-refractivity contribution >= 4 is 34.2 Å². The zero-order valence-electron chi connectivity index (χ0n) is 11.8. The Morgan fingerprint density at radius 1 is 1.36 bits per heavy atom. The third-order valence-corrected chi connectivity index (χ3v) is 4.87. The van der Waals surface area contributed by atoms with Crippen LogP contribution in [0.3, 0.4) is 0 Å². The number of rotatable bonds is 1. The Morgan fingerprint density at radius 3 is 2.82 bits per heavy atom. The molecule has 7 nitrogen and oxygen atoms in total. The molecule has 116 valence electrons. The molecule has 2 aliphatic rings. The molecule has 4 N–H and O–H groups in total. The van der Waals surface area contributed by atoms with Gasteiger partial charge in [0.2, 0.25) is 0 Å². The number of anilines is 1. The van der Waals surface area contributed by atoms with Crippen molar-refractivity contribution in [3.8, 4) is 0 Å². The maximum Gasteiger partial charge on any atom is 0.317 e. The van der Waals surface area contributed by atoms with Crippen molar-refractivity contribution in [2.24, 2.45) is 0 Å². The number of aromatic amines is 1. The summed E-state index contributed by atoms with van der Waals surface area (Å²) in [5, 5.41) is 24.1. The van der Waals surface area contributed by atoms with E-state index in [9.17, 15) is 9.90 Å². The van der Waals surface area contributed by atoms with Gasteiger partial charge in [0, 0.05) is 29.2 Å². The Bertz CT molecular complexity index is 738. The first-order valence-corrected chi connectivity index (χ1v) is 7.59. The summed E-state index contributed by atoms with van der Waals surface area (Å²) in [4.78, 5) is 13.7. The minimum atomic E-state index is -0.838. The van der Waals surface area contributed by atoms with Crippen LogP contribution in [0, 0.1) is 0 Å². The molecule has 0 bridgehead atoms. The van der Waals surface area contributed by atoms with Crippen LogP contribution in [0.1, 0.15) is 12.8 Å². The molecule has 0 saturated carbocycles. The van der Waals surface area contributed by atoms with E-state index in [0.717, 1.165) is 29.7 Å².